The van der Waals surface area contributed by atoms with E-state index in [1.54, 1.807) is 22.3 Å². The molecule has 13 nitrogen and oxygen atoms in total. The topological polar surface area (TPSA) is 131 Å². The maximum atomic E-state index is 13.3. The molecule has 0 radical (unpaired) electrons. The van der Waals surface area contributed by atoms with Crippen molar-refractivity contribution in [3.63, 3.8) is 0 Å². The zero-order valence-electron chi connectivity index (χ0n) is 30.4. The number of hydrogen-bond acceptors (Lipinski definition) is 9. The van der Waals surface area contributed by atoms with Crippen LogP contribution in [-0.4, -0.2) is 112 Å². The molecule has 2 unspecified atom stereocenters. The lowest BCUT2D eigenvalue weighted by Crippen LogP contribution is -2.51. The van der Waals surface area contributed by atoms with Crippen LogP contribution < -0.4 is 5.32 Å². The SMILES string of the molecule is COCC(=O)NC(C1=Cc2cccnc2C(N2CCN(C(=O)OC3CCN(C(=O)OC(C)(C)C)CC3)CC2)c2ccc(C)cc21)c1cncn1C. The number of piperazine rings is 1. The average Bonchev–Trinajstić information content (AvgIpc) is 3.46. The predicted molar refractivity (Wildman–Crippen MR) is 192 cm³/mol. The van der Waals surface area contributed by atoms with Gasteiger partial charge < -0.3 is 33.9 Å². The number of nitrogens with one attached hydrogen (secondary N) is 1. The predicted octanol–water partition coefficient (Wildman–Crippen LogP) is 4.72. The van der Waals surface area contributed by atoms with Gasteiger partial charge in [0.25, 0.3) is 0 Å². The summed E-state index contributed by atoms with van der Waals surface area (Å²) < 4.78 is 18.5. The molecule has 3 amide bonds. The number of benzene rings is 1. The molecule has 1 aromatic carbocycles. The summed E-state index contributed by atoms with van der Waals surface area (Å²) in [5.41, 5.74) is 6.27. The van der Waals surface area contributed by atoms with Gasteiger partial charge in [-0.2, -0.15) is 0 Å². The van der Waals surface area contributed by atoms with Crippen LogP contribution in [0.2, 0.25) is 0 Å². The van der Waals surface area contributed by atoms with Gasteiger partial charge >= 0.3 is 12.2 Å². The first-order valence-corrected chi connectivity index (χ1v) is 17.6. The highest BCUT2D eigenvalue weighted by molar-refractivity contribution is 5.91. The molecule has 1 aliphatic carbocycles. The fourth-order valence-corrected chi connectivity index (χ4v) is 7.09. The smallest absolute Gasteiger partial charge is 0.410 e. The number of likely N-dealkylation sites (tertiary alicyclic amines) is 1. The van der Waals surface area contributed by atoms with E-state index < -0.39 is 11.6 Å². The van der Waals surface area contributed by atoms with Crippen LogP contribution in [0.15, 0.2) is 49.1 Å². The zero-order chi connectivity index (χ0) is 36.3. The summed E-state index contributed by atoms with van der Waals surface area (Å²) in [4.78, 5) is 54.0. The fourth-order valence-electron chi connectivity index (χ4n) is 7.09. The maximum Gasteiger partial charge on any atom is 0.410 e. The molecule has 2 aromatic heterocycles. The van der Waals surface area contributed by atoms with E-state index in [-0.39, 0.29) is 36.8 Å². The fraction of sp³-hybridized carbons (Fsp3) is 0.500. The number of fused-ring (bicyclic) bond motifs is 2. The normalized spacial score (nSPS) is 18.9. The molecular weight excluding hydrogens is 650 g/mol. The number of ether oxygens (including phenoxy) is 3. The van der Waals surface area contributed by atoms with Gasteiger partial charge in [-0.1, -0.05) is 29.8 Å². The van der Waals surface area contributed by atoms with Crippen LogP contribution in [0.1, 0.15) is 79.3 Å². The summed E-state index contributed by atoms with van der Waals surface area (Å²) in [6.45, 7) is 10.8. The third-order valence-electron chi connectivity index (χ3n) is 9.60. The molecule has 4 heterocycles. The molecule has 2 atom stereocenters. The molecule has 272 valence electrons. The van der Waals surface area contributed by atoms with Crippen molar-refractivity contribution in [3.05, 3.63) is 82.7 Å². The van der Waals surface area contributed by atoms with Crippen LogP contribution in [0.25, 0.3) is 11.6 Å². The second-order valence-electron chi connectivity index (χ2n) is 14.5. The van der Waals surface area contributed by atoms with Gasteiger partial charge in [-0.15, -0.1) is 0 Å². The number of carbonyl (C=O) groups excluding carboxylic acids is 3. The van der Waals surface area contributed by atoms with Gasteiger partial charge in [0, 0.05) is 72.5 Å². The van der Waals surface area contributed by atoms with Crippen molar-refractivity contribution in [1.82, 2.24) is 34.6 Å². The molecule has 1 N–H and O–H groups in total. The molecule has 2 aliphatic heterocycles. The Morgan fingerprint density at radius 1 is 1.00 bits per heavy atom. The number of aryl methyl sites for hydroxylation is 2. The van der Waals surface area contributed by atoms with Gasteiger partial charge in [-0.05, 0) is 62.1 Å². The van der Waals surface area contributed by atoms with E-state index in [2.05, 4.69) is 52.5 Å². The first-order chi connectivity index (χ1) is 24.4. The number of aromatic nitrogens is 3. The van der Waals surface area contributed by atoms with Crippen molar-refractivity contribution in [3.8, 4) is 0 Å². The lowest BCUT2D eigenvalue weighted by atomic mass is 9.88. The standard InChI is InChI=1S/C38H49N7O6/c1-25-9-10-28-29(20-25)30(34(41-32(46)23-49-6)31-22-39-24-42(31)5)21-26-8-7-13-40-33(26)35(28)43-16-18-45(19-17-43)36(47)50-27-11-14-44(15-12-27)37(48)51-38(2,3)4/h7-10,13,20-22,24,27,34-35H,11-12,14-19,23H2,1-6H3,(H,41,46). The van der Waals surface area contributed by atoms with E-state index in [4.69, 9.17) is 19.2 Å². The second kappa shape index (κ2) is 15.2. The maximum absolute atomic E-state index is 13.3. The van der Waals surface area contributed by atoms with Crippen LogP contribution in [-0.2, 0) is 26.1 Å². The van der Waals surface area contributed by atoms with Crippen LogP contribution >= 0.6 is 0 Å². The molecule has 0 saturated carbocycles. The monoisotopic (exact) mass is 699 g/mol. The van der Waals surface area contributed by atoms with Crippen LogP contribution in [0.4, 0.5) is 9.59 Å². The molecule has 2 fully saturated rings. The van der Waals surface area contributed by atoms with Gasteiger partial charge in [0.15, 0.2) is 0 Å². The Kier molecular flexibility index (Phi) is 10.8. The van der Waals surface area contributed by atoms with E-state index in [0.29, 0.717) is 52.1 Å². The quantitative estimate of drug-likeness (QED) is 0.372. The molecule has 0 bridgehead atoms. The zero-order valence-corrected chi connectivity index (χ0v) is 30.4. The summed E-state index contributed by atoms with van der Waals surface area (Å²) in [5.74, 6) is -0.234. The third kappa shape index (κ3) is 8.26. The lowest BCUT2D eigenvalue weighted by Gasteiger charge is -2.40. The van der Waals surface area contributed by atoms with Crippen molar-refractivity contribution in [2.75, 3.05) is 53.0 Å². The molecule has 3 aromatic rings. The number of nitrogens with zero attached hydrogens (tertiary/aromatic N) is 6. The Balaban J connectivity index is 1.21. The minimum Gasteiger partial charge on any atom is -0.446 e. The highest BCUT2D eigenvalue weighted by Gasteiger charge is 2.37. The molecular formula is C38H49N7O6. The Hall–Kier alpha value is -4.75. The van der Waals surface area contributed by atoms with Gasteiger partial charge in [0.2, 0.25) is 5.91 Å². The first kappa shape index (κ1) is 36.1. The van der Waals surface area contributed by atoms with E-state index in [9.17, 15) is 14.4 Å². The average molecular weight is 700 g/mol. The number of pyridine rings is 1. The minimum atomic E-state index is -0.554. The number of methoxy groups -OCH3 is 1. The van der Waals surface area contributed by atoms with E-state index >= 15 is 0 Å². The molecule has 3 aliphatic rings. The largest absolute Gasteiger partial charge is 0.446 e. The summed E-state index contributed by atoms with van der Waals surface area (Å²) >= 11 is 0. The van der Waals surface area contributed by atoms with Crippen molar-refractivity contribution in [2.24, 2.45) is 7.05 Å². The highest BCUT2D eigenvalue weighted by Crippen LogP contribution is 2.43. The van der Waals surface area contributed by atoms with Gasteiger partial charge in [-0.25, -0.2) is 14.6 Å². The van der Waals surface area contributed by atoms with Crippen LogP contribution in [0.3, 0.4) is 0 Å². The van der Waals surface area contributed by atoms with E-state index in [1.807, 2.05) is 44.6 Å². The molecule has 0 spiro atoms. The highest BCUT2D eigenvalue weighted by atomic mass is 16.6. The van der Waals surface area contributed by atoms with Gasteiger partial charge in [-0.3, -0.25) is 14.7 Å². The van der Waals surface area contributed by atoms with Crippen LogP contribution in [0.5, 0.6) is 0 Å². The minimum absolute atomic E-state index is 0.0684. The first-order valence-electron chi connectivity index (χ1n) is 17.6. The lowest BCUT2D eigenvalue weighted by molar-refractivity contribution is -0.125. The number of carbonyl (C=O) groups is 3. The molecule has 2 saturated heterocycles. The van der Waals surface area contributed by atoms with Crippen molar-refractivity contribution in [2.45, 2.75) is 64.3 Å². The molecule has 51 heavy (non-hydrogen) atoms. The van der Waals surface area contributed by atoms with E-state index in [0.717, 1.165) is 39.2 Å². The van der Waals surface area contributed by atoms with Crippen molar-refractivity contribution in [1.29, 1.82) is 0 Å². The summed E-state index contributed by atoms with van der Waals surface area (Å²) in [6.07, 6.45) is 7.71. The number of imidazole rings is 1. The van der Waals surface area contributed by atoms with Crippen LogP contribution in [0, 0.1) is 6.92 Å². The third-order valence-corrected chi connectivity index (χ3v) is 9.60. The van der Waals surface area contributed by atoms with Crippen molar-refractivity contribution >= 4 is 29.7 Å². The molecule has 6 rings (SSSR count). The Morgan fingerprint density at radius 3 is 2.39 bits per heavy atom. The number of hydrogen-bond donors (Lipinski definition) is 1. The summed E-state index contributed by atoms with van der Waals surface area (Å²) in [5, 5.41) is 3.20. The Labute approximate surface area is 299 Å². The number of rotatable bonds is 7. The summed E-state index contributed by atoms with van der Waals surface area (Å²) in [7, 11) is 3.42. The number of piperidine rings is 1. The number of amides is 3. The van der Waals surface area contributed by atoms with E-state index in [1.165, 1.54) is 7.11 Å². The van der Waals surface area contributed by atoms with Gasteiger partial charge in [0.1, 0.15) is 18.3 Å². The Bertz CT molecular complexity index is 1770. The van der Waals surface area contributed by atoms with Crippen molar-refractivity contribution < 1.29 is 28.6 Å². The second-order valence-corrected chi connectivity index (χ2v) is 14.5. The van der Waals surface area contributed by atoms with Gasteiger partial charge in [0.05, 0.1) is 36.0 Å². The molecule has 13 heteroatoms. The summed E-state index contributed by atoms with van der Waals surface area (Å²) in [6, 6.07) is 9.74. The Morgan fingerprint density at radius 2 is 1.73 bits per heavy atom.